The molecule has 3 rings (SSSR count). The number of benzene rings is 1. The van der Waals surface area contributed by atoms with Crippen LogP contribution >= 0.6 is 35.0 Å². The third-order valence-corrected chi connectivity index (χ3v) is 4.87. The lowest BCUT2D eigenvalue weighted by Gasteiger charge is -2.27. The van der Waals surface area contributed by atoms with Gasteiger partial charge in [0, 0.05) is 28.7 Å². The topological polar surface area (TPSA) is 41.9 Å². The minimum atomic E-state index is -0.252. The number of amides is 1. The Labute approximate surface area is 136 Å². The predicted molar refractivity (Wildman–Crippen MR) is 86.9 cm³/mol. The zero-order valence-electron chi connectivity index (χ0n) is 11.0. The Bertz CT molecular complexity index is 620. The molecule has 1 saturated heterocycles. The average Bonchev–Trinajstić information content (AvgIpc) is 2.85. The predicted octanol–water partition coefficient (Wildman–Crippen LogP) is 3.30. The molecule has 4 nitrogen and oxygen atoms in total. The quantitative estimate of drug-likeness (QED) is 0.734. The highest BCUT2D eigenvalue weighted by molar-refractivity contribution is 8.18. The van der Waals surface area contributed by atoms with Crippen molar-refractivity contribution >= 4 is 52.1 Å². The van der Waals surface area contributed by atoms with Crippen molar-refractivity contribution < 1.29 is 9.53 Å². The lowest BCUT2D eigenvalue weighted by Crippen LogP contribution is -2.38. The van der Waals surface area contributed by atoms with Gasteiger partial charge in [-0.2, -0.15) is 4.99 Å². The fourth-order valence-corrected chi connectivity index (χ4v) is 3.52. The standard InChI is InChI=1S/C14H12Cl2N2O2S/c15-10-2-1-3-11(16)9(10)8-12-13(19)17-14(21-12)18-4-6-20-7-5-18/h1-3,8H,4-7H2. The van der Waals surface area contributed by atoms with E-state index in [2.05, 4.69) is 9.89 Å². The molecule has 2 heterocycles. The first-order valence-corrected chi connectivity index (χ1v) is 8.01. The number of morpholine rings is 1. The maximum absolute atomic E-state index is 12.0. The van der Waals surface area contributed by atoms with Crippen molar-refractivity contribution in [3.8, 4) is 0 Å². The molecule has 7 heteroatoms. The monoisotopic (exact) mass is 342 g/mol. The Morgan fingerprint density at radius 3 is 2.57 bits per heavy atom. The van der Waals surface area contributed by atoms with Gasteiger partial charge in [0.1, 0.15) is 0 Å². The molecular formula is C14H12Cl2N2O2S. The highest BCUT2D eigenvalue weighted by Gasteiger charge is 2.27. The molecule has 1 amide bonds. The Balaban J connectivity index is 1.82. The normalized spacial score (nSPS) is 21.0. The van der Waals surface area contributed by atoms with E-state index in [1.807, 2.05) is 0 Å². The molecule has 0 aliphatic carbocycles. The van der Waals surface area contributed by atoms with Crippen molar-refractivity contribution in [3.05, 3.63) is 38.7 Å². The summed E-state index contributed by atoms with van der Waals surface area (Å²) < 4.78 is 5.30. The number of hydrogen-bond donors (Lipinski definition) is 0. The van der Waals surface area contributed by atoms with Crippen LogP contribution in [0, 0.1) is 0 Å². The van der Waals surface area contributed by atoms with E-state index in [0.717, 1.165) is 18.3 Å². The number of carbonyl (C=O) groups excluding carboxylic acids is 1. The summed E-state index contributed by atoms with van der Waals surface area (Å²) in [5.41, 5.74) is 0.648. The van der Waals surface area contributed by atoms with Gasteiger partial charge in [0.15, 0.2) is 5.17 Å². The fourth-order valence-electron chi connectivity index (χ4n) is 2.07. The molecule has 110 valence electrons. The molecule has 0 N–H and O–H groups in total. The third-order valence-electron chi connectivity index (χ3n) is 3.17. The molecule has 0 aromatic heterocycles. The molecule has 0 saturated carbocycles. The van der Waals surface area contributed by atoms with Crippen LogP contribution in [0.3, 0.4) is 0 Å². The molecule has 0 spiro atoms. The maximum Gasteiger partial charge on any atom is 0.286 e. The highest BCUT2D eigenvalue weighted by atomic mass is 35.5. The second-order valence-electron chi connectivity index (χ2n) is 4.54. The number of ether oxygens (including phenoxy) is 1. The van der Waals surface area contributed by atoms with E-state index in [4.69, 9.17) is 27.9 Å². The van der Waals surface area contributed by atoms with E-state index in [-0.39, 0.29) is 5.91 Å². The Kier molecular flexibility index (Phi) is 4.54. The van der Waals surface area contributed by atoms with Gasteiger partial charge in [0.25, 0.3) is 5.91 Å². The number of nitrogens with zero attached hydrogens (tertiary/aromatic N) is 2. The number of aliphatic imine (C=N–C) groups is 1. The number of rotatable bonds is 1. The molecule has 0 atom stereocenters. The van der Waals surface area contributed by atoms with Gasteiger partial charge in [-0.05, 0) is 30.0 Å². The van der Waals surface area contributed by atoms with Crippen LogP contribution in [0.2, 0.25) is 10.0 Å². The second kappa shape index (κ2) is 6.40. The summed E-state index contributed by atoms with van der Waals surface area (Å²) in [5.74, 6) is -0.252. The molecule has 2 aliphatic rings. The number of halogens is 2. The third kappa shape index (κ3) is 3.26. The first kappa shape index (κ1) is 14.9. The number of thioether (sulfide) groups is 1. The fraction of sp³-hybridized carbons (Fsp3) is 0.286. The van der Waals surface area contributed by atoms with Crippen LogP contribution in [0.25, 0.3) is 6.08 Å². The zero-order chi connectivity index (χ0) is 14.8. The lowest BCUT2D eigenvalue weighted by molar-refractivity contribution is -0.113. The summed E-state index contributed by atoms with van der Waals surface area (Å²) in [4.78, 5) is 18.7. The van der Waals surface area contributed by atoms with Gasteiger partial charge < -0.3 is 9.64 Å². The van der Waals surface area contributed by atoms with E-state index in [1.54, 1.807) is 24.3 Å². The Hall–Kier alpha value is -1.01. The van der Waals surface area contributed by atoms with E-state index in [9.17, 15) is 4.79 Å². The van der Waals surface area contributed by atoms with Crippen LogP contribution < -0.4 is 0 Å². The summed E-state index contributed by atoms with van der Waals surface area (Å²) in [6.45, 7) is 2.81. The second-order valence-corrected chi connectivity index (χ2v) is 6.37. The molecule has 1 aromatic rings. The summed E-state index contributed by atoms with van der Waals surface area (Å²) in [5, 5.41) is 1.75. The molecule has 1 aromatic carbocycles. The minimum Gasteiger partial charge on any atom is -0.378 e. The van der Waals surface area contributed by atoms with Crippen LogP contribution in [-0.4, -0.2) is 42.3 Å². The molecule has 1 fully saturated rings. The van der Waals surface area contributed by atoms with Crippen LogP contribution in [0.1, 0.15) is 5.56 Å². The van der Waals surface area contributed by atoms with Gasteiger partial charge >= 0.3 is 0 Å². The van der Waals surface area contributed by atoms with E-state index >= 15 is 0 Å². The smallest absolute Gasteiger partial charge is 0.286 e. The SMILES string of the molecule is O=C1N=C(N2CCOCC2)SC1=Cc1c(Cl)cccc1Cl. The minimum absolute atomic E-state index is 0.252. The largest absolute Gasteiger partial charge is 0.378 e. The van der Waals surface area contributed by atoms with E-state index < -0.39 is 0 Å². The maximum atomic E-state index is 12.0. The van der Waals surface area contributed by atoms with Gasteiger partial charge in [-0.1, -0.05) is 29.3 Å². The van der Waals surface area contributed by atoms with E-state index in [0.29, 0.717) is 33.7 Å². The lowest BCUT2D eigenvalue weighted by atomic mass is 10.2. The summed E-state index contributed by atoms with van der Waals surface area (Å²) in [7, 11) is 0. The number of carbonyl (C=O) groups is 1. The number of hydrogen-bond acceptors (Lipinski definition) is 4. The van der Waals surface area contributed by atoms with Gasteiger partial charge in [0.2, 0.25) is 0 Å². The first-order valence-electron chi connectivity index (χ1n) is 6.44. The van der Waals surface area contributed by atoms with Crippen LogP contribution in [0.15, 0.2) is 28.1 Å². The Morgan fingerprint density at radius 1 is 1.24 bits per heavy atom. The molecule has 2 aliphatic heterocycles. The summed E-state index contributed by atoms with van der Waals surface area (Å²) in [6.07, 6.45) is 1.70. The Morgan fingerprint density at radius 2 is 1.90 bits per heavy atom. The van der Waals surface area contributed by atoms with Crippen LogP contribution in [-0.2, 0) is 9.53 Å². The van der Waals surface area contributed by atoms with Gasteiger partial charge in [-0.25, -0.2) is 0 Å². The molecular weight excluding hydrogens is 331 g/mol. The highest BCUT2D eigenvalue weighted by Crippen LogP contribution is 2.34. The van der Waals surface area contributed by atoms with Crippen molar-refractivity contribution in [2.45, 2.75) is 0 Å². The summed E-state index contributed by atoms with van der Waals surface area (Å²) >= 11 is 13.6. The number of amidine groups is 1. The van der Waals surface area contributed by atoms with Crippen molar-refractivity contribution in [1.82, 2.24) is 4.90 Å². The van der Waals surface area contributed by atoms with Crippen LogP contribution in [0.5, 0.6) is 0 Å². The molecule has 0 unspecified atom stereocenters. The zero-order valence-corrected chi connectivity index (χ0v) is 13.3. The average molecular weight is 343 g/mol. The van der Waals surface area contributed by atoms with Gasteiger partial charge in [-0.15, -0.1) is 0 Å². The van der Waals surface area contributed by atoms with Crippen molar-refractivity contribution in [2.24, 2.45) is 4.99 Å². The molecule has 21 heavy (non-hydrogen) atoms. The van der Waals surface area contributed by atoms with Crippen molar-refractivity contribution in [3.63, 3.8) is 0 Å². The van der Waals surface area contributed by atoms with Crippen LogP contribution in [0.4, 0.5) is 0 Å². The van der Waals surface area contributed by atoms with Crippen molar-refractivity contribution in [2.75, 3.05) is 26.3 Å². The first-order chi connectivity index (χ1) is 10.1. The van der Waals surface area contributed by atoms with Crippen molar-refractivity contribution in [1.29, 1.82) is 0 Å². The van der Waals surface area contributed by atoms with Gasteiger partial charge in [0.05, 0.1) is 18.1 Å². The van der Waals surface area contributed by atoms with E-state index in [1.165, 1.54) is 11.8 Å². The van der Waals surface area contributed by atoms with Gasteiger partial charge in [-0.3, -0.25) is 4.79 Å². The summed E-state index contributed by atoms with van der Waals surface area (Å²) in [6, 6.07) is 5.26. The molecule has 0 radical (unpaired) electrons. The molecule has 0 bridgehead atoms.